The third-order valence-electron chi connectivity index (χ3n) is 5.59. The van der Waals surface area contributed by atoms with Crippen LogP contribution in [0.4, 0.5) is 10.1 Å². The molecular formula is C23H36FN3O5. The van der Waals surface area contributed by atoms with Gasteiger partial charge in [0.15, 0.2) is 0 Å². The van der Waals surface area contributed by atoms with Gasteiger partial charge in [-0.1, -0.05) is 13.8 Å². The molecule has 3 rings (SSSR count). The van der Waals surface area contributed by atoms with Crippen molar-refractivity contribution in [2.45, 2.75) is 38.8 Å². The van der Waals surface area contributed by atoms with Crippen molar-refractivity contribution in [2.75, 3.05) is 64.8 Å². The molecule has 1 amide bonds. The lowest BCUT2D eigenvalue weighted by Crippen LogP contribution is -2.52. The first-order valence-corrected chi connectivity index (χ1v) is 11.4. The average molecular weight is 454 g/mol. The molecule has 1 aromatic rings. The van der Waals surface area contributed by atoms with Gasteiger partial charge >= 0.3 is 0 Å². The number of hydrogen-bond donors (Lipinski definition) is 1. The Kier molecular flexibility index (Phi) is 9.50. The standard InChI is InChI=1S/C23H36FN3O5/c1-16(2)9-18(15-30-8-4-7-24)25-22(28)20-5-6-21(27-10-19(11-27)29-3)23(26-20)32-14-17-12-31-13-17/h5-6,16-19H,4,7-15H2,1-3H3,(H,25,28). The van der Waals surface area contributed by atoms with Crippen LogP contribution < -0.4 is 15.0 Å². The van der Waals surface area contributed by atoms with Crippen LogP contribution in [-0.2, 0) is 14.2 Å². The molecule has 0 spiro atoms. The molecule has 0 bridgehead atoms. The predicted molar refractivity (Wildman–Crippen MR) is 119 cm³/mol. The lowest BCUT2D eigenvalue weighted by Gasteiger charge is -2.40. The number of carbonyl (C=O) groups is 1. The molecule has 3 heterocycles. The summed E-state index contributed by atoms with van der Waals surface area (Å²) in [6.07, 6.45) is 1.31. The maximum absolute atomic E-state index is 12.9. The van der Waals surface area contributed by atoms with E-state index in [-0.39, 0.29) is 18.1 Å². The Morgan fingerprint density at radius 2 is 2.12 bits per heavy atom. The Morgan fingerprint density at radius 1 is 1.34 bits per heavy atom. The normalized spacial score (nSPS) is 17.7. The van der Waals surface area contributed by atoms with Crippen LogP contribution in [0, 0.1) is 11.8 Å². The number of hydrogen-bond acceptors (Lipinski definition) is 7. The number of nitrogens with zero attached hydrogens (tertiary/aromatic N) is 2. The van der Waals surface area contributed by atoms with Crippen LogP contribution in [0.1, 0.15) is 37.2 Å². The fraction of sp³-hybridized carbons (Fsp3) is 0.739. The SMILES string of the molecule is COC1CN(c2ccc(C(=O)NC(COCCCF)CC(C)C)nc2OCC2COC2)C1. The van der Waals surface area contributed by atoms with Crippen LogP contribution in [0.15, 0.2) is 12.1 Å². The van der Waals surface area contributed by atoms with E-state index in [0.29, 0.717) is 62.9 Å². The van der Waals surface area contributed by atoms with Gasteiger partial charge in [-0.3, -0.25) is 9.18 Å². The van der Waals surface area contributed by atoms with E-state index < -0.39 is 6.67 Å². The average Bonchev–Trinajstić information content (AvgIpc) is 2.69. The smallest absolute Gasteiger partial charge is 0.270 e. The van der Waals surface area contributed by atoms with Gasteiger partial charge in [0.05, 0.1) is 45.2 Å². The summed E-state index contributed by atoms with van der Waals surface area (Å²) in [4.78, 5) is 19.6. The third-order valence-corrected chi connectivity index (χ3v) is 5.59. The molecule has 2 aliphatic rings. The minimum atomic E-state index is -0.407. The summed E-state index contributed by atoms with van der Waals surface area (Å²) in [6, 6.07) is 3.44. The van der Waals surface area contributed by atoms with Gasteiger partial charge in [-0.25, -0.2) is 4.98 Å². The number of nitrogens with one attached hydrogen (secondary N) is 1. The lowest BCUT2D eigenvalue weighted by atomic mass is 10.0. The maximum atomic E-state index is 12.9. The number of anilines is 1. The van der Waals surface area contributed by atoms with Crippen molar-refractivity contribution in [3.63, 3.8) is 0 Å². The third kappa shape index (κ3) is 7.02. The summed E-state index contributed by atoms with van der Waals surface area (Å²) < 4.78 is 34.5. The number of pyridine rings is 1. The van der Waals surface area contributed by atoms with Crippen LogP contribution in [0.5, 0.6) is 5.88 Å². The van der Waals surface area contributed by atoms with Crippen molar-refractivity contribution in [1.82, 2.24) is 10.3 Å². The summed E-state index contributed by atoms with van der Waals surface area (Å²) >= 11 is 0. The van der Waals surface area contributed by atoms with E-state index in [2.05, 4.69) is 29.0 Å². The molecule has 32 heavy (non-hydrogen) atoms. The summed E-state index contributed by atoms with van der Waals surface area (Å²) in [7, 11) is 1.70. The van der Waals surface area contributed by atoms with E-state index in [1.807, 2.05) is 6.07 Å². The van der Waals surface area contributed by atoms with Gasteiger partial charge in [-0.2, -0.15) is 0 Å². The molecular weight excluding hydrogens is 417 g/mol. The molecule has 9 heteroatoms. The van der Waals surface area contributed by atoms with Crippen molar-refractivity contribution in [3.05, 3.63) is 17.8 Å². The van der Waals surface area contributed by atoms with Gasteiger partial charge in [-0.05, 0) is 30.9 Å². The molecule has 180 valence electrons. The van der Waals surface area contributed by atoms with E-state index in [1.165, 1.54) is 0 Å². The second kappa shape index (κ2) is 12.3. The zero-order valence-electron chi connectivity index (χ0n) is 19.3. The first-order valence-electron chi connectivity index (χ1n) is 11.4. The second-order valence-electron chi connectivity index (χ2n) is 8.92. The van der Waals surface area contributed by atoms with E-state index in [9.17, 15) is 9.18 Å². The fourth-order valence-electron chi connectivity index (χ4n) is 3.65. The highest BCUT2D eigenvalue weighted by Crippen LogP contribution is 2.31. The molecule has 1 atom stereocenters. The second-order valence-corrected chi connectivity index (χ2v) is 8.92. The number of amides is 1. The Balaban J connectivity index is 1.66. The zero-order chi connectivity index (χ0) is 22.9. The van der Waals surface area contributed by atoms with Gasteiger partial charge in [-0.15, -0.1) is 0 Å². The molecule has 0 saturated carbocycles. The summed E-state index contributed by atoms with van der Waals surface area (Å²) in [6.45, 7) is 7.86. The van der Waals surface area contributed by atoms with Crippen LogP contribution in [0.3, 0.4) is 0 Å². The van der Waals surface area contributed by atoms with Gasteiger partial charge in [0.2, 0.25) is 5.88 Å². The highest BCUT2D eigenvalue weighted by molar-refractivity contribution is 5.93. The van der Waals surface area contributed by atoms with Gasteiger partial charge in [0.1, 0.15) is 11.4 Å². The number of aromatic nitrogens is 1. The molecule has 1 N–H and O–H groups in total. The molecule has 2 saturated heterocycles. The molecule has 2 fully saturated rings. The van der Waals surface area contributed by atoms with Gasteiger partial charge < -0.3 is 29.2 Å². The molecule has 1 unspecified atom stereocenters. The van der Waals surface area contributed by atoms with Crippen LogP contribution in [-0.4, -0.2) is 82.9 Å². The van der Waals surface area contributed by atoms with E-state index >= 15 is 0 Å². The fourth-order valence-corrected chi connectivity index (χ4v) is 3.65. The number of carbonyl (C=O) groups excluding carboxylic acids is 1. The molecule has 0 aliphatic carbocycles. The van der Waals surface area contributed by atoms with Crippen LogP contribution in [0.2, 0.25) is 0 Å². The van der Waals surface area contributed by atoms with Crippen molar-refractivity contribution in [3.8, 4) is 5.88 Å². The molecule has 1 aromatic heterocycles. The molecule has 0 radical (unpaired) electrons. The van der Waals surface area contributed by atoms with E-state index in [4.69, 9.17) is 18.9 Å². The number of rotatable bonds is 14. The summed E-state index contributed by atoms with van der Waals surface area (Å²) in [5.74, 6) is 0.913. The topological polar surface area (TPSA) is 82.2 Å². The Hall–Kier alpha value is -1.97. The van der Waals surface area contributed by atoms with Crippen molar-refractivity contribution >= 4 is 11.6 Å². The van der Waals surface area contributed by atoms with Crippen LogP contribution >= 0.6 is 0 Å². The van der Waals surface area contributed by atoms with Gasteiger partial charge in [0, 0.05) is 32.7 Å². The zero-order valence-corrected chi connectivity index (χ0v) is 19.3. The van der Waals surface area contributed by atoms with E-state index in [0.717, 1.165) is 25.2 Å². The molecule has 8 nitrogen and oxygen atoms in total. The molecule has 2 aliphatic heterocycles. The minimum absolute atomic E-state index is 0.169. The first-order chi connectivity index (χ1) is 15.5. The highest BCUT2D eigenvalue weighted by atomic mass is 19.1. The Bertz CT molecular complexity index is 726. The Morgan fingerprint density at radius 3 is 2.75 bits per heavy atom. The highest BCUT2D eigenvalue weighted by Gasteiger charge is 2.30. The summed E-state index contributed by atoms with van der Waals surface area (Å²) in [5.41, 5.74) is 1.17. The number of methoxy groups -OCH3 is 1. The monoisotopic (exact) mass is 453 g/mol. The van der Waals surface area contributed by atoms with Gasteiger partial charge in [0.25, 0.3) is 5.91 Å². The predicted octanol–water partition coefficient (Wildman–Crippen LogP) is 2.46. The maximum Gasteiger partial charge on any atom is 0.270 e. The molecule has 0 aromatic carbocycles. The largest absolute Gasteiger partial charge is 0.476 e. The van der Waals surface area contributed by atoms with Crippen molar-refractivity contribution in [2.24, 2.45) is 11.8 Å². The number of alkyl halides is 1. The quantitative estimate of drug-likeness (QED) is 0.433. The van der Waals surface area contributed by atoms with Crippen molar-refractivity contribution < 1.29 is 28.1 Å². The number of halogens is 1. The summed E-state index contributed by atoms with van der Waals surface area (Å²) in [5, 5.41) is 3.02. The van der Waals surface area contributed by atoms with Crippen LogP contribution in [0.25, 0.3) is 0 Å². The lowest BCUT2D eigenvalue weighted by molar-refractivity contribution is -0.0514. The minimum Gasteiger partial charge on any atom is -0.476 e. The number of ether oxygens (including phenoxy) is 4. The van der Waals surface area contributed by atoms with E-state index in [1.54, 1.807) is 13.2 Å². The van der Waals surface area contributed by atoms with Crippen molar-refractivity contribution in [1.29, 1.82) is 0 Å². The Labute approximate surface area is 189 Å². The first kappa shape index (κ1) is 24.7.